The Morgan fingerprint density at radius 1 is 1.18 bits per heavy atom. The molecule has 0 aliphatic carbocycles. The predicted molar refractivity (Wildman–Crippen MR) is 135 cm³/mol. The van der Waals surface area contributed by atoms with Gasteiger partial charge in [0, 0.05) is 40.7 Å². The van der Waals surface area contributed by atoms with Crippen molar-refractivity contribution < 1.29 is 18.0 Å². The van der Waals surface area contributed by atoms with Crippen LogP contribution < -0.4 is 4.72 Å². The number of ketones is 1. The lowest BCUT2D eigenvalue weighted by Gasteiger charge is -2.19. The van der Waals surface area contributed by atoms with Crippen LogP contribution in [0.1, 0.15) is 62.6 Å². The molecule has 0 bridgehead atoms. The molecule has 0 spiro atoms. The molecule has 1 amide bonds. The summed E-state index contributed by atoms with van der Waals surface area (Å²) in [6.45, 7) is 11.5. The second-order valence-corrected chi connectivity index (χ2v) is 12.8. The van der Waals surface area contributed by atoms with Crippen molar-refractivity contribution >= 4 is 33.1 Å². The maximum atomic E-state index is 13.1. The molecule has 2 heterocycles. The molecule has 0 radical (unpaired) electrons. The zero-order valence-corrected chi connectivity index (χ0v) is 22.0. The number of Topliss-reactive ketones (excluding diaryl/α,β-unsaturated/α-hetero) is 1. The lowest BCUT2D eigenvalue weighted by molar-refractivity contribution is -0.117. The zero-order valence-electron chi connectivity index (χ0n) is 20.4. The Morgan fingerprint density at radius 2 is 1.88 bits per heavy atom. The van der Waals surface area contributed by atoms with Crippen molar-refractivity contribution in [2.45, 2.75) is 64.1 Å². The van der Waals surface area contributed by atoms with E-state index in [1.165, 1.54) is 6.92 Å². The van der Waals surface area contributed by atoms with Gasteiger partial charge in [-0.25, -0.2) is 18.1 Å². The van der Waals surface area contributed by atoms with Gasteiger partial charge in [-0.05, 0) is 30.0 Å². The molecule has 182 valence electrons. The second kappa shape index (κ2) is 9.84. The molecule has 0 aliphatic rings. The van der Waals surface area contributed by atoms with E-state index >= 15 is 0 Å². The Balaban J connectivity index is 2.01. The largest absolute Gasteiger partial charge is 0.327 e. The lowest BCUT2D eigenvalue weighted by atomic mass is 9.95. The zero-order chi connectivity index (χ0) is 25.3. The van der Waals surface area contributed by atoms with E-state index in [4.69, 9.17) is 0 Å². The molecule has 0 saturated carbocycles. The minimum absolute atomic E-state index is 0.0765. The number of sulfonamides is 1. The average molecular weight is 502 g/mol. The summed E-state index contributed by atoms with van der Waals surface area (Å²) in [7, 11) is -4.03. The van der Waals surface area contributed by atoms with Gasteiger partial charge in [-0.2, -0.15) is 0 Å². The molecule has 7 nitrogen and oxygen atoms in total. The smallest absolute Gasteiger partial charge is 0.274 e. The fourth-order valence-corrected chi connectivity index (χ4v) is 6.69. The number of carbonyl (C=O) groups excluding carboxylic acids is 2. The Morgan fingerprint density at radius 3 is 2.50 bits per heavy atom. The summed E-state index contributed by atoms with van der Waals surface area (Å²) >= 11 is 1.15. The van der Waals surface area contributed by atoms with Crippen molar-refractivity contribution in [3.63, 3.8) is 0 Å². The number of imidazole rings is 1. The fourth-order valence-electron chi connectivity index (χ4n) is 3.75. The molecule has 3 aromatic rings. The van der Waals surface area contributed by atoms with Gasteiger partial charge in [-0.15, -0.1) is 11.3 Å². The van der Waals surface area contributed by atoms with Crippen LogP contribution >= 0.6 is 11.3 Å². The first-order chi connectivity index (χ1) is 15.8. The topological polar surface area (TPSA) is 98.1 Å². The SMILES string of the molecule is CC(=O)NS(=O)(=O)c1sc(CC(C)C)cc1-c1cccc(C(=O)Cn2ccnc2C(C)(C)C)c1. The molecular formula is C25H31N3O4S2. The van der Waals surface area contributed by atoms with Crippen LogP contribution in [0.4, 0.5) is 0 Å². The van der Waals surface area contributed by atoms with Crippen LogP contribution in [0, 0.1) is 5.92 Å². The van der Waals surface area contributed by atoms with Crippen molar-refractivity contribution in [2.24, 2.45) is 5.92 Å². The van der Waals surface area contributed by atoms with Crippen molar-refractivity contribution in [3.05, 3.63) is 59.0 Å². The standard InChI is InChI=1S/C25H31N3O4S2/c1-16(2)12-20-14-21(23(33-20)34(31,32)27-17(3)29)18-8-7-9-19(13-18)22(30)15-28-11-10-26-24(28)25(4,5)6/h7-11,13-14,16H,12,15H2,1-6H3,(H,27,29). The second-order valence-electron chi connectivity index (χ2n) is 9.81. The van der Waals surface area contributed by atoms with Crippen molar-refractivity contribution in [3.8, 4) is 11.1 Å². The summed E-state index contributed by atoms with van der Waals surface area (Å²) in [4.78, 5) is 30.0. The van der Waals surface area contributed by atoms with Gasteiger partial charge < -0.3 is 4.57 Å². The van der Waals surface area contributed by atoms with Crippen molar-refractivity contribution in [1.29, 1.82) is 0 Å². The van der Waals surface area contributed by atoms with Crippen LogP contribution in [0.2, 0.25) is 0 Å². The number of benzene rings is 1. The van der Waals surface area contributed by atoms with Crippen LogP contribution in [0.3, 0.4) is 0 Å². The number of hydrogen-bond donors (Lipinski definition) is 1. The molecule has 1 aromatic carbocycles. The van der Waals surface area contributed by atoms with Gasteiger partial charge in [0.25, 0.3) is 10.0 Å². The number of amides is 1. The Labute approximate surface area is 205 Å². The molecule has 9 heteroatoms. The Bertz CT molecular complexity index is 1310. The van der Waals surface area contributed by atoms with E-state index in [0.29, 0.717) is 29.0 Å². The fraction of sp³-hybridized carbons (Fsp3) is 0.400. The van der Waals surface area contributed by atoms with E-state index < -0.39 is 15.9 Å². The molecule has 0 fully saturated rings. The maximum Gasteiger partial charge on any atom is 0.274 e. The number of thiophene rings is 1. The van der Waals surface area contributed by atoms with Crippen molar-refractivity contribution in [2.75, 3.05) is 0 Å². The number of nitrogens with zero attached hydrogens (tertiary/aromatic N) is 2. The molecule has 2 aromatic heterocycles. The summed E-state index contributed by atoms with van der Waals surface area (Å²) < 4.78 is 29.8. The third-order valence-corrected chi connectivity index (χ3v) is 8.20. The van der Waals surface area contributed by atoms with E-state index in [1.807, 2.05) is 31.4 Å². The maximum absolute atomic E-state index is 13.1. The molecule has 34 heavy (non-hydrogen) atoms. The van der Waals surface area contributed by atoms with Crippen LogP contribution in [0.15, 0.2) is 46.9 Å². The number of rotatable bonds is 8. The van der Waals surface area contributed by atoms with E-state index in [2.05, 4.69) is 23.6 Å². The monoisotopic (exact) mass is 501 g/mol. The van der Waals surface area contributed by atoms with E-state index in [0.717, 1.165) is 22.0 Å². The molecule has 0 aliphatic heterocycles. The minimum Gasteiger partial charge on any atom is -0.327 e. The quantitative estimate of drug-likeness (QED) is 0.447. The minimum atomic E-state index is -4.03. The van der Waals surface area contributed by atoms with Gasteiger partial charge in [0.1, 0.15) is 10.0 Å². The molecular weight excluding hydrogens is 470 g/mol. The highest BCUT2D eigenvalue weighted by atomic mass is 32.2. The highest BCUT2D eigenvalue weighted by Crippen LogP contribution is 2.36. The summed E-state index contributed by atoms with van der Waals surface area (Å²) in [5.74, 6) is 0.401. The van der Waals surface area contributed by atoms with Crippen LogP contribution in [-0.4, -0.2) is 29.7 Å². The number of carbonyl (C=O) groups is 2. The van der Waals surface area contributed by atoms with Gasteiger partial charge in [0.2, 0.25) is 5.91 Å². The first-order valence-corrected chi connectivity index (χ1v) is 13.4. The summed E-state index contributed by atoms with van der Waals surface area (Å²) in [6.07, 6.45) is 4.19. The molecule has 0 unspecified atom stereocenters. The summed E-state index contributed by atoms with van der Waals surface area (Å²) in [5.41, 5.74) is 1.37. The number of aromatic nitrogens is 2. The van der Waals surface area contributed by atoms with Crippen LogP contribution in [0.25, 0.3) is 11.1 Å². The van der Waals surface area contributed by atoms with E-state index in [-0.39, 0.29) is 22.0 Å². The third kappa shape index (κ3) is 6.01. The predicted octanol–water partition coefficient (Wildman–Crippen LogP) is 4.82. The normalized spacial score (nSPS) is 12.2. The van der Waals surface area contributed by atoms with Gasteiger partial charge in [0.15, 0.2) is 5.78 Å². The third-order valence-electron chi connectivity index (χ3n) is 5.08. The highest BCUT2D eigenvalue weighted by molar-refractivity contribution is 7.92. The van der Waals surface area contributed by atoms with Gasteiger partial charge >= 0.3 is 0 Å². The number of nitrogens with one attached hydrogen (secondary N) is 1. The molecule has 1 N–H and O–H groups in total. The van der Waals surface area contributed by atoms with E-state index in [1.54, 1.807) is 36.7 Å². The van der Waals surface area contributed by atoms with Crippen LogP contribution in [0.5, 0.6) is 0 Å². The summed E-state index contributed by atoms with van der Waals surface area (Å²) in [6, 6.07) is 8.81. The van der Waals surface area contributed by atoms with Crippen LogP contribution in [-0.2, 0) is 33.2 Å². The molecule has 0 saturated heterocycles. The molecule has 3 rings (SSSR count). The average Bonchev–Trinajstić information content (AvgIpc) is 3.34. The summed E-state index contributed by atoms with van der Waals surface area (Å²) in [5, 5.41) is 0. The van der Waals surface area contributed by atoms with Gasteiger partial charge in [-0.1, -0.05) is 52.8 Å². The highest BCUT2D eigenvalue weighted by Gasteiger charge is 2.26. The van der Waals surface area contributed by atoms with Gasteiger partial charge in [-0.3, -0.25) is 9.59 Å². The Hall–Kier alpha value is -2.78. The lowest BCUT2D eigenvalue weighted by Crippen LogP contribution is -2.27. The number of hydrogen-bond acceptors (Lipinski definition) is 6. The van der Waals surface area contributed by atoms with E-state index in [9.17, 15) is 18.0 Å². The first kappa shape index (κ1) is 25.8. The van der Waals surface area contributed by atoms with Crippen molar-refractivity contribution in [1.82, 2.24) is 14.3 Å². The molecule has 0 atom stereocenters. The van der Waals surface area contributed by atoms with Gasteiger partial charge in [0.05, 0.1) is 6.54 Å². The Kier molecular flexibility index (Phi) is 7.47. The first-order valence-electron chi connectivity index (χ1n) is 11.1.